The maximum atomic E-state index is 2.41. The number of aryl methyl sites for hydroxylation is 1. The van der Waals surface area contributed by atoms with E-state index in [0.29, 0.717) is 5.92 Å². The van der Waals surface area contributed by atoms with Crippen LogP contribution < -0.4 is 4.90 Å². The Kier molecular flexibility index (Phi) is 7.25. The van der Waals surface area contributed by atoms with Crippen molar-refractivity contribution >= 4 is 94.4 Å². The molecule has 2 aliphatic carbocycles. The largest absolute Gasteiger partial charge is 0.310 e. The fourth-order valence-corrected chi connectivity index (χ4v) is 9.49. The van der Waals surface area contributed by atoms with Crippen molar-refractivity contribution < 1.29 is 0 Å². The number of hydrogen-bond acceptors (Lipinski definition) is 2. The minimum atomic E-state index is 0.553. The number of thiophene rings is 1. The molecule has 0 bridgehead atoms. The zero-order valence-corrected chi connectivity index (χ0v) is 29.5. The summed E-state index contributed by atoms with van der Waals surface area (Å²) in [6, 6.07) is 47.2. The standard InChI is InChI=1S/C49H37NS/c1-32-14-18-35-24-28-46-49(43(35)30-32)44-31-41(27-29-45(44)51-46)50(39-11-3-2-4-12-39)40-25-16-33(17-26-40)15-19-36-9-7-10-37-22-23-38-21-20-34-8-5-6-13-42(34)48(38)47(36)37/h2-5,7-12,14-29,31-32H,6,13,30H2,1H3. The van der Waals surface area contributed by atoms with Crippen LogP contribution in [0, 0.1) is 5.92 Å². The van der Waals surface area contributed by atoms with E-state index in [1.807, 2.05) is 11.3 Å². The molecule has 0 N–H and O–H groups in total. The van der Waals surface area contributed by atoms with Gasteiger partial charge in [0, 0.05) is 37.2 Å². The first-order valence-corrected chi connectivity index (χ1v) is 18.9. The van der Waals surface area contributed by atoms with Gasteiger partial charge < -0.3 is 4.90 Å². The minimum absolute atomic E-state index is 0.553. The third kappa shape index (κ3) is 5.21. The van der Waals surface area contributed by atoms with Crippen molar-refractivity contribution in [1.29, 1.82) is 0 Å². The Morgan fingerprint density at radius 3 is 2.24 bits per heavy atom. The van der Waals surface area contributed by atoms with E-state index in [4.69, 9.17) is 0 Å². The van der Waals surface area contributed by atoms with E-state index in [-0.39, 0.29) is 0 Å². The number of para-hydroxylation sites is 1. The summed E-state index contributed by atoms with van der Waals surface area (Å²) in [6.45, 7) is 2.32. The monoisotopic (exact) mass is 671 g/mol. The molecule has 1 aromatic heterocycles. The van der Waals surface area contributed by atoms with Gasteiger partial charge in [-0.2, -0.15) is 0 Å². The first-order chi connectivity index (χ1) is 25.2. The number of nitrogens with zero attached hydrogens (tertiary/aromatic N) is 1. The van der Waals surface area contributed by atoms with Gasteiger partial charge in [0.05, 0.1) is 0 Å². The first kappa shape index (κ1) is 30.2. The van der Waals surface area contributed by atoms with Gasteiger partial charge in [0.2, 0.25) is 0 Å². The number of rotatable bonds is 5. The van der Waals surface area contributed by atoms with Crippen molar-refractivity contribution in [1.82, 2.24) is 0 Å². The van der Waals surface area contributed by atoms with Crippen LogP contribution in [-0.2, 0) is 12.8 Å². The van der Waals surface area contributed by atoms with Gasteiger partial charge in [-0.05, 0) is 129 Å². The van der Waals surface area contributed by atoms with Crippen LogP contribution in [0.25, 0.3) is 66.0 Å². The number of benzene rings is 7. The van der Waals surface area contributed by atoms with E-state index in [0.717, 1.165) is 30.6 Å². The maximum absolute atomic E-state index is 2.41. The van der Waals surface area contributed by atoms with Crippen LogP contribution in [0.2, 0.25) is 0 Å². The maximum Gasteiger partial charge on any atom is 0.0468 e. The van der Waals surface area contributed by atoms with Gasteiger partial charge in [0.25, 0.3) is 0 Å². The normalized spacial score (nSPS) is 15.3. The Labute approximate surface area is 303 Å². The van der Waals surface area contributed by atoms with Crippen LogP contribution in [0.15, 0.2) is 140 Å². The van der Waals surface area contributed by atoms with Crippen molar-refractivity contribution in [3.05, 3.63) is 173 Å². The second-order valence-electron chi connectivity index (χ2n) is 14.1. The van der Waals surface area contributed by atoms with Crippen molar-refractivity contribution in [2.45, 2.75) is 26.2 Å². The molecule has 0 aliphatic heterocycles. The summed E-state index contributed by atoms with van der Waals surface area (Å²) in [5.41, 5.74) is 11.6. The number of anilines is 3. The van der Waals surface area contributed by atoms with E-state index in [1.165, 1.54) is 80.8 Å². The highest BCUT2D eigenvalue weighted by molar-refractivity contribution is 7.25. The highest BCUT2D eigenvalue weighted by Crippen LogP contribution is 2.44. The molecule has 0 saturated heterocycles. The fourth-order valence-electron chi connectivity index (χ4n) is 8.38. The molecule has 2 heteroatoms. The van der Waals surface area contributed by atoms with Crippen LogP contribution in [0.1, 0.15) is 46.7 Å². The highest BCUT2D eigenvalue weighted by atomic mass is 32.1. The minimum Gasteiger partial charge on any atom is -0.310 e. The molecule has 1 nitrogen and oxygen atoms in total. The molecule has 1 atom stereocenters. The zero-order chi connectivity index (χ0) is 33.9. The van der Waals surface area contributed by atoms with E-state index < -0.39 is 0 Å². The van der Waals surface area contributed by atoms with E-state index >= 15 is 0 Å². The van der Waals surface area contributed by atoms with Crippen LogP contribution in [0.4, 0.5) is 17.1 Å². The third-order valence-corrected chi connectivity index (χ3v) is 12.0. The molecule has 7 aromatic carbocycles. The van der Waals surface area contributed by atoms with Crippen LogP contribution in [-0.4, -0.2) is 0 Å². The van der Waals surface area contributed by atoms with Crippen molar-refractivity contribution in [3.8, 4) is 0 Å². The molecule has 1 unspecified atom stereocenters. The van der Waals surface area contributed by atoms with Gasteiger partial charge in [0.15, 0.2) is 0 Å². The molecular weight excluding hydrogens is 635 g/mol. The summed E-state index contributed by atoms with van der Waals surface area (Å²) in [7, 11) is 0. The number of allylic oxidation sites excluding steroid dienone is 2. The van der Waals surface area contributed by atoms with Crippen molar-refractivity contribution in [2.24, 2.45) is 5.92 Å². The third-order valence-electron chi connectivity index (χ3n) is 10.8. The second kappa shape index (κ2) is 12.3. The van der Waals surface area contributed by atoms with Crippen LogP contribution >= 0.6 is 11.3 Å². The highest BCUT2D eigenvalue weighted by Gasteiger charge is 2.19. The quantitative estimate of drug-likeness (QED) is 0.130. The zero-order valence-electron chi connectivity index (χ0n) is 28.6. The molecule has 244 valence electrons. The van der Waals surface area contributed by atoms with Crippen LogP contribution in [0.5, 0.6) is 0 Å². The Morgan fingerprint density at radius 2 is 1.35 bits per heavy atom. The smallest absolute Gasteiger partial charge is 0.0468 e. The molecule has 10 rings (SSSR count). The topological polar surface area (TPSA) is 3.24 Å². The summed E-state index contributed by atoms with van der Waals surface area (Å²) in [4.78, 5) is 2.39. The van der Waals surface area contributed by atoms with E-state index in [1.54, 1.807) is 0 Å². The Morgan fingerprint density at radius 1 is 0.608 bits per heavy atom. The summed E-state index contributed by atoms with van der Waals surface area (Å²) in [6.07, 6.45) is 17.1. The molecular formula is C49H37NS. The average molecular weight is 672 g/mol. The molecule has 0 radical (unpaired) electrons. The van der Waals surface area contributed by atoms with Gasteiger partial charge >= 0.3 is 0 Å². The van der Waals surface area contributed by atoms with E-state index in [9.17, 15) is 0 Å². The lowest BCUT2D eigenvalue weighted by atomic mass is 9.87. The van der Waals surface area contributed by atoms with Gasteiger partial charge in [-0.3, -0.25) is 0 Å². The SMILES string of the molecule is CC1C=Cc2ccc3sc4ccc(N(c5ccccc5)c5ccc(C=Cc6cccc7ccc8ccc9c(c8c67)CCC=C9)cc5)cc4c3c2C1. The van der Waals surface area contributed by atoms with Gasteiger partial charge in [-0.15, -0.1) is 11.3 Å². The number of fused-ring (bicyclic) bond motifs is 10. The number of hydrogen-bond donors (Lipinski definition) is 0. The summed E-state index contributed by atoms with van der Waals surface area (Å²) in [5.74, 6) is 0.553. The van der Waals surface area contributed by atoms with Crippen molar-refractivity contribution in [2.75, 3.05) is 4.90 Å². The predicted octanol–water partition coefficient (Wildman–Crippen LogP) is 14.2. The average Bonchev–Trinajstić information content (AvgIpc) is 3.56. The molecule has 2 aliphatic rings. The van der Waals surface area contributed by atoms with E-state index in [2.05, 4.69) is 176 Å². The van der Waals surface area contributed by atoms with Gasteiger partial charge in [-0.1, -0.05) is 122 Å². The molecule has 0 saturated carbocycles. The Hall–Kier alpha value is -5.70. The predicted molar refractivity (Wildman–Crippen MR) is 224 cm³/mol. The Bertz CT molecular complexity index is 2730. The molecule has 0 amide bonds. The fraction of sp³-hybridized carbons (Fsp3) is 0.102. The molecule has 0 fully saturated rings. The van der Waals surface area contributed by atoms with Crippen molar-refractivity contribution in [3.63, 3.8) is 0 Å². The molecule has 8 aromatic rings. The summed E-state index contributed by atoms with van der Waals surface area (Å²) in [5, 5.41) is 8.16. The van der Waals surface area contributed by atoms with Crippen LogP contribution in [0.3, 0.4) is 0 Å². The molecule has 1 heterocycles. The molecule has 51 heavy (non-hydrogen) atoms. The van der Waals surface area contributed by atoms with Gasteiger partial charge in [0.1, 0.15) is 0 Å². The Balaban J connectivity index is 1.05. The second-order valence-corrected chi connectivity index (χ2v) is 15.2. The summed E-state index contributed by atoms with van der Waals surface area (Å²) < 4.78 is 2.72. The first-order valence-electron chi connectivity index (χ1n) is 18.1. The lowest BCUT2D eigenvalue weighted by molar-refractivity contribution is 0.722. The summed E-state index contributed by atoms with van der Waals surface area (Å²) >= 11 is 1.91. The van der Waals surface area contributed by atoms with Gasteiger partial charge in [-0.25, -0.2) is 0 Å². The lowest BCUT2D eigenvalue weighted by Gasteiger charge is -2.26. The molecule has 0 spiro atoms. The lowest BCUT2D eigenvalue weighted by Crippen LogP contribution is -2.09.